The van der Waals surface area contributed by atoms with Gasteiger partial charge in [0.15, 0.2) is 0 Å². The highest BCUT2D eigenvalue weighted by molar-refractivity contribution is 7.89. The fourth-order valence-corrected chi connectivity index (χ4v) is 3.71. The minimum atomic E-state index is -4.02. The van der Waals surface area contributed by atoms with Gasteiger partial charge in [0.05, 0.1) is 11.5 Å². The first-order valence-electron chi connectivity index (χ1n) is 7.22. The molecule has 0 aromatic heterocycles. The molecular formula is C14H18F2N2O4S. The van der Waals surface area contributed by atoms with Crippen LogP contribution in [0.15, 0.2) is 23.1 Å². The molecule has 128 valence electrons. The van der Waals surface area contributed by atoms with Crippen LogP contribution in [0.1, 0.15) is 19.8 Å². The van der Waals surface area contributed by atoms with E-state index in [1.807, 2.05) is 0 Å². The SMILES string of the molecule is CCOC(=O)N1CCC(NS(=O)(=O)c2cc(F)cc(F)c2)CC1. The normalized spacial score (nSPS) is 16.4. The molecule has 1 aromatic carbocycles. The van der Waals surface area contributed by atoms with E-state index in [1.54, 1.807) is 6.92 Å². The van der Waals surface area contributed by atoms with Crippen LogP contribution in [0.2, 0.25) is 0 Å². The van der Waals surface area contributed by atoms with Crippen LogP contribution in [-0.4, -0.2) is 45.1 Å². The van der Waals surface area contributed by atoms with E-state index in [1.165, 1.54) is 4.90 Å². The van der Waals surface area contributed by atoms with Crippen molar-refractivity contribution in [2.24, 2.45) is 0 Å². The van der Waals surface area contributed by atoms with E-state index in [-0.39, 0.29) is 6.61 Å². The van der Waals surface area contributed by atoms with Gasteiger partial charge in [0.2, 0.25) is 10.0 Å². The molecule has 1 saturated heterocycles. The summed E-state index contributed by atoms with van der Waals surface area (Å²) in [5, 5.41) is 0. The molecule has 1 aromatic rings. The molecule has 0 saturated carbocycles. The van der Waals surface area contributed by atoms with Crippen molar-refractivity contribution in [2.75, 3.05) is 19.7 Å². The van der Waals surface area contributed by atoms with Crippen LogP contribution in [0.4, 0.5) is 13.6 Å². The number of nitrogens with one attached hydrogen (secondary N) is 1. The Morgan fingerprint density at radius 2 is 1.83 bits per heavy atom. The maximum atomic E-state index is 13.2. The minimum Gasteiger partial charge on any atom is -0.450 e. The number of rotatable bonds is 4. The number of halogens is 2. The van der Waals surface area contributed by atoms with Crippen LogP contribution in [0.5, 0.6) is 0 Å². The number of amides is 1. The molecule has 0 unspecified atom stereocenters. The highest BCUT2D eigenvalue weighted by atomic mass is 32.2. The van der Waals surface area contributed by atoms with Crippen molar-refractivity contribution in [1.29, 1.82) is 0 Å². The molecule has 0 spiro atoms. The Labute approximate surface area is 133 Å². The number of hydrogen-bond donors (Lipinski definition) is 1. The van der Waals surface area contributed by atoms with E-state index in [9.17, 15) is 22.0 Å². The second-order valence-corrected chi connectivity index (χ2v) is 6.90. The first-order valence-corrected chi connectivity index (χ1v) is 8.70. The van der Waals surface area contributed by atoms with E-state index in [0.29, 0.717) is 32.0 Å². The van der Waals surface area contributed by atoms with Gasteiger partial charge in [0.1, 0.15) is 11.6 Å². The lowest BCUT2D eigenvalue weighted by Gasteiger charge is -2.31. The molecular weight excluding hydrogens is 330 g/mol. The Bertz CT molecular complexity index is 653. The average molecular weight is 348 g/mol. The van der Waals surface area contributed by atoms with Gasteiger partial charge in [-0.15, -0.1) is 0 Å². The molecule has 0 atom stereocenters. The molecule has 1 heterocycles. The van der Waals surface area contributed by atoms with Gasteiger partial charge in [0, 0.05) is 25.2 Å². The predicted octanol–water partition coefficient (Wildman–Crippen LogP) is 1.86. The van der Waals surface area contributed by atoms with Crippen molar-refractivity contribution in [3.8, 4) is 0 Å². The van der Waals surface area contributed by atoms with E-state index in [0.717, 1.165) is 12.1 Å². The third-order valence-electron chi connectivity index (χ3n) is 3.49. The number of ether oxygens (including phenoxy) is 1. The van der Waals surface area contributed by atoms with E-state index >= 15 is 0 Å². The molecule has 0 aliphatic carbocycles. The van der Waals surface area contributed by atoms with Gasteiger partial charge in [-0.3, -0.25) is 0 Å². The second-order valence-electron chi connectivity index (χ2n) is 5.19. The van der Waals surface area contributed by atoms with Gasteiger partial charge >= 0.3 is 6.09 Å². The molecule has 2 rings (SSSR count). The minimum absolute atomic E-state index is 0.274. The summed E-state index contributed by atoms with van der Waals surface area (Å²) in [7, 11) is -4.02. The third-order valence-corrected chi connectivity index (χ3v) is 4.99. The van der Waals surface area contributed by atoms with Gasteiger partial charge in [-0.05, 0) is 31.9 Å². The summed E-state index contributed by atoms with van der Waals surface area (Å²) in [6.07, 6.45) is 0.368. The predicted molar refractivity (Wildman–Crippen MR) is 78.3 cm³/mol. The van der Waals surface area contributed by atoms with Crippen molar-refractivity contribution in [1.82, 2.24) is 9.62 Å². The highest BCUT2D eigenvalue weighted by Gasteiger charge is 2.27. The van der Waals surface area contributed by atoms with Gasteiger partial charge < -0.3 is 9.64 Å². The first kappa shape index (κ1) is 17.6. The lowest BCUT2D eigenvalue weighted by atomic mass is 10.1. The Morgan fingerprint density at radius 3 is 2.35 bits per heavy atom. The number of piperidine rings is 1. The molecule has 1 N–H and O–H groups in total. The molecule has 0 radical (unpaired) electrons. The quantitative estimate of drug-likeness (QED) is 0.901. The number of sulfonamides is 1. The van der Waals surface area contributed by atoms with E-state index in [2.05, 4.69) is 4.72 Å². The van der Waals surface area contributed by atoms with Gasteiger partial charge in [-0.2, -0.15) is 0 Å². The van der Waals surface area contributed by atoms with Gasteiger partial charge in [-0.1, -0.05) is 0 Å². The lowest BCUT2D eigenvalue weighted by molar-refractivity contribution is 0.0966. The Hall–Kier alpha value is -1.74. The zero-order valence-electron chi connectivity index (χ0n) is 12.6. The fraction of sp³-hybridized carbons (Fsp3) is 0.500. The lowest BCUT2D eigenvalue weighted by Crippen LogP contribution is -2.46. The summed E-state index contributed by atoms with van der Waals surface area (Å²) >= 11 is 0. The van der Waals surface area contributed by atoms with Crippen LogP contribution in [-0.2, 0) is 14.8 Å². The first-order chi connectivity index (χ1) is 10.8. The van der Waals surface area contributed by atoms with Crippen LogP contribution in [0.25, 0.3) is 0 Å². The number of carbonyl (C=O) groups is 1. The number of nitrogens with zero attached hydrogens (tertiary/aromatic N) is 1. The maximum absolute atomic E-state index is 13.2. The van der Waals surface area contributed by atoms with Crippen molar-refractivity contribution in [2.45, 2.75) is 30.7 Å². The largest absolute Gasteiger partial charge is 0.450 e. The van der Waals surface area contributed by atoms with Crippen LogP contribution < -0.4 is 4.72 Å². The van der Waals surface area contributed by atoms with Crippen molar-refractivity contribution in [3.63, 3.8) is 0 Å². The summed E-state index contributed by atoms with van der Waals surface area (Å²) in [6, 6.07) is 1.73. The Morgan fingerprint density at radius 1 is 1.26 bits per heavy atom. The van der Waals surface area contributed by atoms with Crippen LogP contribution in [0, 0.1) is 11.6 Å². The Kier molecular flexibility index (Phi) is 5.53. The summed E-state index contributed by atoms with van der Waals surface area (Å²) in [5.74, 6) is -1.91. The molecule has 6 nitrogen and oxygen atoms in total. The maximum Gasteiger partial charge on any atom is 0.409 e. The molecule has 1 aliphatic heterocycles. The number of hydrogen-bond acceptors (Lipinski definition) is 4. The van der Waals surface area contributed by atoms with Crippen LogP contribution in [0.3, 0.4) is 0 Å². The van der Waals surface area contributed by atoms with Gasteiger partial charge in [0.25, 0.3) is 0 Å². The highest BCUT2D eigenvalue weighted by Crippen LogP contribution is 2.17. The monoisotopic (exact) mass is 348 g/mol. The summed E-state index contributed by atoms with van der Waals surface area (Å²) in [5.41, 5.74) is 0. The molecule has 0 bridgehead atoms. The van der Waals surface area contributed by atoms with Crippen molar-refractivity contribution >= 4 is 16.1 Å². The number of benzene rings is 1. The molecule has 9 heteroatoms. The number of likely N-dealkylation sites (tertiary alicyclic amines) is 1. The summed E-state index contributed by atoms with van der Waals surface area (Å²) in [6.45, 7) is 2.68. The van der Waals surface area contributed by atoms with Crippen molar-refractivity contribution < 1.29 is 26.7 Å². The third kappa shape index (κ3) is 4.61. The Balaban J connectivity index is 1.99. The standard InChI is InChI=1S/C14H18F2N2O4S/c1-2-22-14(19)18-5-3-12(4-6-18)17-23(20,21)13-8-10(15)7-11(16)9-13/h7-9,12,17H,2-6H2,1H3. The molecule has 23 heavy (non-hydrogen) atoms. The average Bonchev–Trinajstić information content (AvgIpc) is 2.47. The van der Waals surface area contributed by atoms with E-state index < -0.39 is 38.7 Å². The molecule has 1 fully saturated rings. The van der Waals surface area contributed by atoms with Crippen molar-refractivity contribution in [3.05, 3.63) is 29.8 Å². The number of carbonyl (C=O) groups excluding carboxylic acids is 1. The second kappa shape index (κ2) is 7.22. The molecule has 1 aliphatic rings. The summed E-state index contributed by atoms with van der Waals surface area (Å²) < 4.78 is 58.0. The smallest absolute Gasteiger partial charge is 0.409 e. The summed E-state index contributed by atoms with van der Waals surface area (Å²) in [4.78, 5) is 12.6. The zero-order valence-corrected chi connectivity index (χ0v) is 13.4. The fourth-order valence-electron chi connectivity index (χ4n) is 2.37. The van der Waals surface area contributed by atoms with Crippen LogP contribution >= 0.6 is 0 Å². The zero-order chi connectivity index (χ0) is 17.0. The van der Waals surface area contributed by atoms with E-state index in [4.69, 9.17) is 4.74 Å². The van der Waals surface area contributed by atoms with Gasteiger partial charge in [-0.25, -0.2) is 26.7 Å². The topological polar surface area (TPSA) is 75.7 Å². The molecule has 1 amide bonds.